The summed E-state index contributed by atoms with van der Waals surface area (Å²) in [6.45, 7) is 8.54. The lowest BCUT2D eigenvalue weighted by Gasteiger charge is -2.33. The molecular weight excluding hydrogens is 174 g/mol. The summed E-state index contributed by atoms with van der Waals surface area (Å²) < 4.78 is 0. The summed E-state index contributed by atoms with van der Waals surface area (Å²) in [4.78, 5) is 5.65. The molecule has 1 saturated carbocycles. The zero-order valence-electron chi connectivity index (χ0n) is 10.1. The highest BCUT2D eigenvalue weighted by atomic mass is 16.7. The van der Waals surface area contributed by atoms with Crippen LogP contribution in [0.25, 0.3) is 0 Å². The topological polar surface area (TPSA) is 21.3 Å². The van der Waals surface area contributed by atoms with Crippen molar-refractivity contribution in [1.29, 1.82) is 0 Å². The molecule has 0 amide bonds. The van der Waals surface area contributed by atoms with Crippen molar-refractivity contribution < 1.29 is 4.84 Å². The van der Waals surface area contributed by atoms with Gasteiger partial charge in [0.05, 0.1) is 5.60 Å². The summed E-state index contributed by atoms with van der Waals surface area (Å²) in [5, 5.41) is 0. The first-order valence-electron chi connectivity index (χ1n) is 5.96. The zero-order valence-corrected chi connectivity index (χ0v) is 10.1. The molecule has 1 rings (SSSR count). The van der Waals surface area contributed by atoms with Crippen molar-refractivity contribution in [2.75, 3.05) is 0 Å². The van der Waals surface area contributed by atoms with Crippen LogP contribution in [0, 0.1) is 5.92 Å². The lowest BCUT2D eigenvalue weighted by molar-refractivity contribution is -0.101. The van der Waals surface area contributed by atoms with Gasteiger partial charge in [0.2, 0.25) is 0 Å². The van der Waals surface area contributed by atoms with Gasteiger partial charge in [0.1, 0.15) is 0 Å². The molecule has 1 N–H and O–H groups in total. The Kier molecular flexibility index (Phi) is 4.39. The Labute approximate surface area is 88.4 Å². The Morgan fingerprint density at radius 2 is 1.86 bits per heavy atom. The third-order valence-corrected chi connectivity index (χ3v) is 2.95. The first kappa shape index (κ1) is 12.0. The predicted molar refractivity (Wildman–Crippen MR) is 60.0 cm³/mol. The standard InChI is InChI=1S/C12H25NO/c1-5-10-8-6-7-9-11(10)13-14-12(2,3)4/h10-11,13H,5-9H2,1-4H3. The number of hydroxylamine groups is 1. The van der Waals surface area contributed by atoms with Crippen LogP contribution in [0.1, 0.15) is 59.8 Å². The van der Waals surface area contributed by atoms with Gasteiger partial charge in [-0.1, -0.05) is 26.2 Å². The lowest BCUT2D eigenvalue weighted by Crippen LogP contribution is -2.42. The van der Waals surface area contributed by atoms with E-state index in [4.69, 9.17) is 4.84 Å². The van der Waals surface area contributed by atoms with Gasteiger partial charge in [-0.2, -0.15) is 5.48 Å². The van der Waals surface area contributed by atoms with E-state index in [1.807, 2.05) is 0 Å². The molecule has 2 unspecified atom stereocenters. The highest BCUT2D eigenvalue weighted by Crippen LogP contribution is 2.27. The van der Waals surface area contributed by atoms with E-state index in [-0.39, 0.29) is 5.60 Å². The Balaban J connectivity index is 2.33. The normalized spacial score (nSPS) is 29.1. The molecule has 0 bridgehead atoms. The maximum Gasteiger partial charge on any atom is 0.0813 e. The van der Waals surface area contributed by atoms with Gasteiger partial charge in [0.25, 0.3) is 0 Å². The minimum absolute atomic E-state index is 0.0737. The fourth-order valence-corrected chi connectivity index (χ4v) is 2.10. The highest BCUT2D eigenvalue weighted by molar-refractivity contribution is 4.78. The monoisotopic (exact) mass is 199 g/mol. The Bertz CT molecular complexity index is 162. The second kappa shape index (κ2) is 5.13. The van der Waals surface area contributed by atoms with Crippen LogP contribution in [-0.4, -0.2) is 11.6 Å². The van der Waals surface area contributed by atoms with Crippen LogP contribution in [0.4, 0.5) is 0 Å². The summed E-state index contributed by atoms with van der Waals surface area (Å²) in [5.41, 5.74) is 3.19. The van der Waals surface area contributed by atoms with Crippen molar-refractivity contribution in [3.63, 3.8) is 0 Å². The van der Waals surface area contributed by atoms with Gasteiger partial charge in [0.15, 0.2) is 0 Å². The van der Waals surface area contributed by atoms with Crippen LogP contribution < -0.4 is 5.48 Å². The van der Waals surface area contributed by atoms with Gasteiger partial charge in [-0.3, -0.25) is 4.84 Å². The van der Waals surface area contributed by atoms with Gasteiger partial charge in [-0.25, -0.2) is 0 Å². The quantitative estimate of drug-likeness (QED) is 0.704. The van der Waals surface area contributed by atoms with E-state index in [1.54, 1.807) is 0 Å². The Morgan fingerprint density at radius 3 is 2.43 bits per heavy atom. The van der Waals surface area contributed by atoms with Crippen LogP contribution in [0.5, 0.6) is 0 Å². The first-order valence-corrected chi connectivity index (χ1v) is 5.96. The fourth-order valence-electron chi connectivity index (χ4n) is 2.10. The van der Waals surface area contributed by atoms with Gasteiger partial charge < -0.3 is 0 Å². The van der Waals surface area contributed by atoms with E-state index in [2.05, 4.69) is 33.2 Å². The molecule has 0 saturated heterocycles. The van der Waals surface area contributed by atoms with Crippen LogP contribution in [0.15, 0.2) is 0 Å². The van der Waals surface area contributed by atoms with Crippen molar-refractivity contribution in [1.82, 2.24) is 5.48 Å². The van der Waals surface area contributed by atoms with Crippen LogP contribution in [0.3, 0.4) is 0 Å². The molecule has 0 heterocycles. The van der Waals surface area contributed by atoms with Crippen molar-refractivity contribution in [3.05, 3.63) is 0 Å². The van der Waals surface area contributed by atoms with Gasteiger partial charge in [0, 0.05) is 6.04 Å². The highest BCUT2D eigenvalue weighted by Gasteiger charge is 2.25. The molecule has 0 aromatic rings. The lowest BCUT2D eigenvalue weighted by atomic mass is 9.83. The molecule has 0 aliphatic heterocycles. The van der Waals surface area contributed by atoms with Gasteiger partial charge >= 0.3 is 0 Å². The smallest absolute Gasteiger partial charge is 0.0813 e. The molecule has 0 aromatic heterocycles. The number of hydrogen-bond acceptors (Lipinski definition) is 2. The molecule has 1 aliphatic rings. The summed E-state index contributed by atoms with van der Waals surface area (Å²) in [5.74, 6) is 0.811. The molecule has 0 radical (unpaired) electrons. The second-order valence-electron chi connectivity index (χ2n) is 5.39. The Morgan fingerprint density at radius 1 is 1.21 bits per heavy atom. The number of hydrogen-bond donors (Lipinski definition) is 1. The Hall–Kier alpha value is -0.0800. The van der Waals surface area contributed by atoms with Crippen molar-refractivity contribution >= 4 is 0 Å². The van der Waals surface area contributed by atoms with Crippen molar-refractivity contribution in [2.24, 2.45) is 5.92 Å². The van der Waals surface area contributed by atoms with Crippen LogP contribution in [-0.2, 0) is 4.84 Å². The average molecular weight is 199 g/mol. The first-order chi connectivity index (χ1) is 6.53. The SMILES string of the molecule is CCC1CCCCC1NOC(C)(C)C. The van der Waals surface area contributed by atoms with Crippen LogP contribution in [0.2, 0.25) is 0 Å². The fraction of sp³-hybridized carbons (Fsp3) is 1.00. The number of nitrogens with one attached hydrogen (secondary N) is 1. The van der Waals surface area contributed by atoms with E-state index >= 15 is 0 Å². The molecule has 0 aromatic carbocycles. The number of rotatable bonds is 3. The molecule has 84 valence electrons. The largest absolute Gasteiger partial charge is 0.296 e. The maximum atomic E-state index is 5.65. The van der Waals surface area contributed by atoms with Crippen molar-refractivity contribution in [2.45, 2.75) is 71.4 Å². The average Bonchev–Trinajstić information content (AvgIpc) is 2.14. The molecule has 2 nitrogen and oxygen atoms in total. The molecule has 2 heteroatoms. The molecule has 1 aliphatic carbocycles. The summed E-state index contributed by atoms with van der Waals surface area (Å²) in [6, 6.07) is 0.577. The van der Waals surface area contributed by atoms with Crippen molar-refractivity contribution in [3.8, 4) is 0 Å². The maximum absolute atomic E-state index is 5.65. The van der Waals surface area contributed by atoms with Gasteiger partial charge in [-0.05, 0) is 39.5 Å². The summed E-state index contributed by atoms with van der Waals surface area (Å²) >= 11 is 0. The summed E-state index contributed by atoms with van der Waals surface area (Å²) in [6.07, 6.45) is 6.65. The predicted octanol–water partition coefficient (Wildman–Crippen LogP) is 3.27. The molecule has 0 spiro atoms. The molecular formula is C12H25NO. The van der Waals surface area contributed by atoms with E-state index in [0.29, 0.717) is 6.04 Å². The molecule has 1 fully saturated rings. The van der Waals surface area contributed by atoms with Crippen LogP contribution >= 0.6 is 0 Å². The third-order valence-electron chi connectivity index (χ3n) is 2.95. The van der Waals surface area contributed by atoms with E-state index < -0.39 is 0 Å². The van der Waals surface area contributed by atoms with E-state index in [9.17, 15) is 0 Å². The van der Waals surface area contributed by atoms with E-state index in [1.165, 1.54) is 32.1 Å². The molecule has 2 atom stereocenters. The minimum Gasteiger partial charge on any atom is -0.296 e. The molecule has 14 heavy (non-hydrogen) atoms. The minimum atomic E-state index is -0.0737. The van der Waals surface area contributed by atoms with E-state index in [0.717, 1.165) is 5.92 Å². The third kappa shape index (κ3) is 3.97. The second-order valence-corrected chi connectivity index (χ2v) is 5.39. The summed E-state index contributed by atoms with van der Waals surface area (Å²) in [7, 11) is 0. The van der Waals surface area contributed by atoms with Gasteiger partial charge in [-0.15, -0.1) is 0 Å². The zero-order chi connectivity index (χ0) is 10.6.